The van der Waals surface area contributed by atoms with Crippen molar-refractivity contribution in [3.63, 3.8) is 0 Å². The van der Waals surface area contributed by atoms with E-state index in [1.54, 1.807) is 18.5 Å². The monoisotopic (exact) mass is 575 g/mol. The number of piperidine rings is 1. The van der Waals surface area contributed by atoms with Crippen molar-refractivity contribution >= 4 is 17.3 Å². The topological polar surface area (TPSA) is 90.1 Å². The Hall–Kier alpha value is -3.91. The molecule has 218 valence electrons. The fourth-order valence-electron chi connectivity index (χ4n) is 7.49. The lowest BCUT2D eigenvalue weighted by molar-refractivity contribution is -0.138. The van der Waals surface area contributed by atoms with Gasteiger partial charge >= 0.3 is 6.18 Å². The summed E-state index contributed by atoms with van der Waals surface area (Å²) in [7, 11) is 1.87. The molecule has 8 nitrogen and oxygen atoms in total. The number of nitrogens with zero attached hydrogens (tertiary/aromatic N) is 6. The highest BCUT2D eigenvalue weighted by atomic mass is 19.4. The number of alkyl halides is 3. The van der Waals surface area contributed by atoms with Crippen molar-refractivity contribution in [2.24, 2.45) is 18.4 Å². The number of rotatable bonds is 5. The summed E-state index contributed by atoms with van der Waals surface area (Å²) in [6, 6.07) is 12.7. The summed E-state index contributed by atoms with van der Waals surface area (Å²) in [4.78, 5) is 17.2. The van der Waals surface area contributed by atoms with E-state index < -0.39 is 17.6 Å². The lowest BCUT2D eigenvalue weighted by atomic mass is 9.57. The molecule has 0 radical (unpaired) electrons. The summed E-state index contributed by atoms with van der Waals surface area (Å²) in [5.41, 5.74) is 1.17. The minimum absolute atomic E-state index is 0.0285. The summed E-state index contributed by atoms with van der Waals surface area (Å²) in [5.74, 6) is 0.288. The SMILES string of the molecule is Cn1cnnc1CC1(c2cccc(N3Cc4c(cc(N5CC6(CCNCC6)C5)cc4C(F)(F)F)C3=O)c2)CC(C#N)C1. The molecule has 0 unspecified atom stereocenters. The van der Waals surface area contributed by atoms with E-state index >= 15 is 0 Å². The molecule has 1 aliphatic carbocycles. The quantitative estimate of drug-likeness (QED) is 0.479. The van der Waals surface area contributed by atoms with Gasteiger partial charge in [0, 0.05) is 60.2 Å². The number of hydrogen-bond donors (Lipinski definition) is 1. The van der Waals surface area contributed by atoms with Crippen LogP contribution in [0.1, 0.15) is 58.6 Å². The van der Waals surface area contributed by atoms with E-state index in [9.17, 15) is 23.2 Å². The first-order valence-corrected chi connectivity index (χ1v) is 14.4. The summed E-state index contributed by atoms with van der Waals surface area (Å²) in [6.45, 7) is 3.13. The second-order valence-corrected chi connectivity index (χ2v) is 12.6. The zero-order chi connectivity index (χ0) is 29.3. The molecule has 2 aromatic carbocycles. The molecule has 1 saturated carbocycles. The largest absolute Gasteiger partial charge is 0.416 e. The van der Waals surface area contributed by atoms with E-state index in [1.807, 2.05) is 34.7 Å². The lowest BCUT2D eigenvalue weighted by Crippen LogP contribution is -2.60. The van der Waals surface area contributed by atoms with Crippen LogP contribution in [0.3, 0.4) is 0 Å². The number of anilines is 2. The molecule has 7 rings (SSSR count). The molecule has 0 atom stereocenters. The number of carbonyl (C=O) groups is 1. The first-order chi connectivity index (χ1) is 20.1. The molecule has 42 heavy (non-hydrogen) atoms. The van der Waals surface area contributed by atoms with Crippen molar-refractivity contribution < 1.29 is 18.0 Å². The van der Waals surface area contributed by atoms with Gasteiger partial charge in [-0.05, 0) is 74.2 Å². The number of nitrogens with one attached hydrogen (secondary N) is 1. The van der Waals surface area contributed by atoms with Crippen LogP contribution in [0.2, 0.25) is 0 Å². The van der Waals surface area contributed by atoms with Crippen molar-refractivity contribution in [2.75, 3.05) is 36.0 Å². The van der Waals surface area contributed by atoms with Crippen molar-refractivity contribution in [1.29, 1.82) is 5.26 Å². The first kappa shape index (κ1) is 27.0. The molecule has 2 saturated heterocycles. The molecule has 1 spiro atoms. The Morgan fingerprint density at radius 3 is 2.55 bits per heavy atom. The summed E-state index contributed by atoms with van der Waals surface area (Å²) >= 11 is 0. The molecule has 1 aromatic heterocycles. The van der Waals surface area contributed by atoms with Gasteiger partial charge in [0.25, 0.3) is 5.91 Å². The van der Waals surface area contributed by atoms with E-state index in [1.165, 1.54) is 11.0 Å². The van der Waals surface area contributed by atoms with Crippen LogP contribution in [-0.4, -0.2) is 46.9 Å². The van der Waals surface area contributed by atoms with Gasteiger partial charge in [-0.3, -0.25) is 4.79 Å². The molecule has 3 aliphatic heterocycles. The normalized spacial score (nSPS) is 24.7. The molecule has 11 heteroatoms. The van der Waals surface area contributed by atoms with Crippen molar-refractivity contribution in [2.45, 2.75) is 50.2 Å². The number of benzene rings is 2. The molecular weight excluding hydrogens is 543 g/mol. The average molecular weight is 576 g/mol. The minimum Gasteiger partial charge on any atom is -0.370 e. The molecule has 1 N–H and O–H groups in total. The van der Waals surface area contributed by atoms with Crippen LogP contribution in [0.4, 0.5) is 24.5 Å². The third-order valence-electron chi connectivity index (χ3n) is 9.94. The molecule has 4 heterocycles. The maximum Gasteiger partial charge on any atom is 0.416 e. The molecule has 4 aliphatic rings. The van der Waals surface area contributed by atoms with Crippen molar-refractivity contribution in [3.8, 4) is 6.07 Å². The second kappa shape index (κ2) is 9.56. The Kier molecular flexibility index (Phi) is 6.13. The highest BCUT2D eigenvalue weighted by Crippen LogP contribution is 2.51. The minimum atomic E-state index is -4.58. The van der Waals surface area contributed by atoms with Crippen molar-refractivity contribution in [3.05, 3.63) is 70.8 Å². The van der Waals surface area contributed by atoms with Crippen molar-refractivity contribution in [1.82, 2.24) is 20.1 Å². The predicted octanol–water partition coefficient (Wildman–Crippen LogP) is 4.60. The Bertz CT molecular complexity index is 1590. The van der Waals surface area contributed by atoms with Gasteiger partial charge in [0.05, 0.1) is 18.2 Å². The highest BCUT2D eigenvalue weighted by molar-refractivity contribution is 6.11. The predicted molar refractivity (Wildman–Crippen MR) is 150 cm³/mol. The maximum absolute atomic E-state index is 14.4. The average Bonchev–Trinajstić information content (AvgIpc) is 3.50. The maximum atomic E-state index is 14.4. The van der Waals surface area contributed by atoms with Crippen LogP contribution < -0.4 is 15.1 Å². The molecular formula is C31H32F3N7O. The van der Waals surface area contributed by atoms with Gasteiger partial charge in [0.2, 0.25) is 0 Å². The number of aryl methyl sites for hydroxylation is 1. The van der Waals surface area contributed by atoms with Crippen LogP contribution in [0.25, 0.3) is 0 Å². The highest BCUT2D eigenvalue weighted by Gasteiger charge is 2.48. The van der Waals surface area contributed by atoms with Crippen LogP contribution in [0.5, 0.6) is 0 Å². The van der Waals surface area contributed by atoms with Gasteiger partial charge < -0.3 is 19.7 Å². The number of fused-ring (bicyclic) bond motifs is 1. The van der Waals surface area contributed by atoms with Gasteiger partial charge in [0.1, 0.15) is 12.2 Å². The summed E-state index contributed by atoms with van der Waals surface area (Å²) in [5, 5.41) is 21.1. The first-order valence-electron chi connectivity index (χ1n) is 14.4. The van der Waals surface area contributed by atoms with Crippen LogP contribution >= 0.6 is 0 Å². The zero-order valence-corrected chi connectivity index (χ0v) is 23.4. The van der Waals surface area contributed by atoms with Gasteiger partial charge in [-0.1, -0.05) is 12.1 Å². The second-order valence-electron chi connectivity index (χ2n) is 12.6. The van der Waals surface area contributed by atoms with Crippen LogP contribution in [0.15, 0.2) is 42.7 Å². The Labute approximate surface area is 242 Å². The van der Waals surface area contributed by atoms with E-state index in [2.05, 4.69) is 21.6 Å². The Balaban J connectivity index is 1.20. The van der Waals surface area contributed by atoms with Gasteiger partial charge in [0.15, 0.2) is 0 Å². The fourth-order valence-corrected chi connectivity index (χ4v) is 7.49. The number of halogens is 3. The van der Waals surface area contributed by atoms with E-state index in [-0.39, 0.29) is 34.4 Å². The Morgan fingerprint density at radius 1 is 1.12 bits per heavy atom. The number of carbonyl (C=O) groups excluding carboxylic acids is 1. The summed E-state index contributed by atoms with van der Waals surface area (Å²) < 4.78 is 45.0. The third-order valence-corrected chi connectivity index (χ3v) is 9.94. The molecule has 3 fully saturated rings. The number of amides is 1. The van der Waals surface area contributed by atoms with Crippen LogP contribution in [0, 0.1) is 22.7 Å². The van der Waals surface area contributed by atoms with Gasteiger partial charge in [-0.15, -0.1) is 10.2 Å². The standard InChI is InChI=1S/C31H32F3N7O/c1-39-19-37-38-27(39)14-30(12-20(13-30)15-35)21-3-2-4-22(9-21)41-16-25-24(28(41)42)10-23(11-26(25)31(32,33)34)40-17-29(18-40)5-7-36-8-6-29/h2-4,9-11,19-20,36H,5-8,12-14,16-18H2,1H3. The number of aromatic nitrogens is 3. The number of hydrogen-bond acceptors (Lipinski definition) is 6. The fraction of sp³-hybridized carbons (Fsp3) is 0.484. The molecule has 3 aromatic rings. The van der Waals surface area contributed by atoms with Gasteiger partial charge in [-0.2, -0.15) is 18.4 Å². The van der Waals surface area contributed by atoms with Gasteiger partial charge in [-0.25, -0.2) is 0 Å². The smallest absolute Gasteiger partial charge is 0.370 e. The lowest BCUT2D eigenvalue weighted by Gasteiger charge is -2.53. The number of nitriles is 1. The zero-order valence-electron chi connectivity index (χ0n) is 23.4. The molecule has 0 bridgehead atoms. The Morgan fingerprint density at radius 2 is 1.88 bits per heavy atom. The van der Waals surface area contributed by atoms with E-state index in [0.717, 1.165) is 37.3 Å². The van der Waals surface area contributed by atoms with E-state index in [0.29, 0.717) is 43.7 Å². The third kappa shape index (κ3) is 4.35. The molecule has 1 amide bonds. The van der Waals surface area contributed by atoms with Crippen LogP contribution in [-0.2, 0) is 31.6 Å². The summed E-state index contributed by atoms with van der Waals surface area (Å²) in [6.07, 6.45) is 0.945. The van der Waals surface area contributed by atoms with E-state index in [4.69, 9.17) is 0 Å².